The quantitative estimate of drug-likeness (QED) is 0.201. The van der Waals surface area contributed by atoms with Gasteiger partial charge in [0, 0.05) is 18.3 Å². The van der Waals surface area contributed by atoms with Crippen LogP contribution in [0, 0.1) is 5.92 Å². The second-order valence-corrected chi connectivity index (χ2v) is 8.88. The number of nitrogens with two attached hydrogens (primary N) is 1. The Kier molecular flexibility index (Phi) is 13.6. The van der Waals surface area contributed by atoms with Crippen LogP contribution in [0.2, 0.25) is 0 Å². The minimum Gasteiger partial charge on any atom is -0.480 e. The van der Waals surface area contributed by atoms with Gasteiger partial charge in [-0.1, -0.05) is 46.1 Å². The number of carboxylic acid groups (broad SMARTS) is 1. The molecule has 0 aliphatic rings. The van der Waals surface area contributed by atoms with E-state index in [9.17, 15) is 19.2 Å². The zero-order valence-corrected chi connectivity index (χ0v) is 21.2. The molecule has 5 atom stereocenters. The van der Waals surface area contributed by atoms with E-state index in [-0.39, 0.29) is 18.8 Å². The topological polar surface area (TPSA) is 161 Å². The van der Waals surface area contributed by atoms with Crippen molar-refractivity contribution >= 4 is 23.8 Å². The summed E-state index contributed by atoms with van der Waals surface area (Å²) in [4.78, 5) is 53.5. The molecule has 0 aromatic carbocycles. The number of hydrogen-bond acceptors (Lipinski definition) is 7. The summed E-state index contributed by atoms with van der Waals surface area (Å²) < 4.78 is 5.59. The summed E-state index contributed by atoms with van der Waals surface area (Å²) in [5.41, 5.74) is 6.56. The van der Waals surface area contributed by atoms with Gasteiger partial charge < -0.3 is 26.2 Å². The van der Waals surface area contributed by atoms with Gasteiger partial charge in [0.2, 0.25) is 11.8 Å². The molecule has 0 fully saturated rings. The molecule has 0 aliphatic carbocycles. The largest absolute Gasteiger partial charge is 0.480 e. The molecule has 1 aromatic rings. The van der Waals surface area contributed by atoms with E-state index >= 15 is 0 Å². The van der Waals surface area contributed by atoms with Crippen LogP contribution in [0.4, 0.5) is 0 Å². The summed E-state index contributed by atoms with van der Waals surface area (Å²) in [5, 5.41) is 14.2. The molecular formula is C25H40N4O6. The van der Waals surface area contributed by atoms with Crippen molar-refractivity contribution in [2.24, 2.45) is 11.7 Å². The third-order valence-electron chi connectivity index (χ3n) is 5.88. The van der Waals surface area contributed by atoms with Gasteiger partial charge in [-0.2, -0.15) is 0 Å². The van der Waals surface area contributed by atoms with Crippen molar-refractivity contribution in [2.45, 2.75) is 96.9 Å². The first-order valence-electron chi connectivity index (χ1n) is 12.3. The Labute approximate surface area is 207 Å². The number of esters is 1. The van der Waals surface area contributed by atoms with Gasteiger partial charge in [-0.05, 0) is 37.8 Å². The van der Waals surface area contributed by atoms with E-state index in [1.807, 2.05) is 20.8 Å². The molecule has 2 amide bonds. The Morgan fingerprint density at radius 3 is 2.40 bits per heavy atom. The van der Waals surface area contributed by atoms with Gasteiger partial charge in [0.25, 0.3) is 0 Å². The Morgan fingerprint density at radius 2 is 1.83 bits per heavy atom. The van der Waals surface area contributed by atoms with E-state index < -0.39 is 48.0 Å². The maximum atomic E-state index is 12.9. The number of carbonyl (C=O) groups excluding carboxylic acids is 3. The minimum absolute atomic E-state index is 0.0599. The van der Waals surface area contributed by atoms with Crippen molar-refractivity contribution in [1.29, 1.82) is 0 Å². The number of hydrogen-bond donors (Lipinski definition) is 4. The second-order valence-electron chi connectivity index (χ2n) is 8.88. The van der Waals surface area contributed by atoms with Crippen molar-refractivity contribution in [2.75, 3.05) is 0 Å². The number of carbonyl (C=O) groups is 4. The van der Waals surface area contributed by atoms with Gasteiger partial charge in [-0.3, -0.25) is 24.2 Å². The SMILES string of the molecule is CCCCC[C@H](CC(=O)N[C@@H](Cc1ccccn1)C(=O)N[C@@H](C)C(=O)O)OC(=O)[C@H](N)[C@@H](C)CC. The van der Waals surface area contributed by atoms with E-state index in [0.717, 1.165) is 25.7 Å². The standard InChI is InChI=1S/C25H40N4O6/c1-5-7-8-12-19(35-25(34)22(26)16(3)6-2)15-21(30)29-20(14-18-11-9-10-13-27-18)23(31)28-17(4)24(32)33/h9-11,13,16-17,19-20,22H,5-8,12,14-15,26H2,1-4H3,(H,28,31)(H,29,30)(H,32,33)/t16-,17-,19+,20-,22+/m0/s1. The molecule has 0 bridgehead atoms. The number of ether oxygens (including phenoxy) is 1. The number of unbranched alkanes of at least 4 members (excludes halogenated alkanes) is 2. The summed E-state index contributed by atoms with van der Waals surface area (Å²) in [6.45, 7) is 7.18. The third-order valence-corrected chi connectivity index (χ3v) is 5.88. The van der Waals surface area contributed by atoms with Crippen LogP contribution < -0.4 is 16.4 Å². The predicted octanol–water partition coefficient (Wildman–Crippen LogP) is 1.95. The highest BCUT2D eigenvalue weighted by Crippen LogP contribution is 2.15. The summed E-state index contributed by atoms with van der Waals surface area (Å²) in [5.74, 6) is -2.93. The zero-order valence-electron chi connectivity index (χ0n) is 21.2. The highest BCUT2D eigenvalue weighted by molar-refractivity contribution is 5.90. The minimum atomic E-state index is -1.19. The molecule has 0 spiro atoms. The van der Waals surface area contributed by atoms with Gasteiger partial charge >= 0.3 is 11.9 Å². The first kappa shape index (κ1) is 30.0. The molecule has 10 heteroatoms. The third kappa shape index (κ3) is 11.3. The van der Waals surface area contributed by atoms with Crippen LogP contribution in [0.25, 0.3) is 0 Å². The summed E-state index contributed by atoms with van der Waals surface area (Å²) in [7, 11) is 0. The lowest BCUT2D eigenvalue weighted by Gasteiger charge is -2.24. The average Bonchev–Trinajstić information content (AvgIpc) is 2.83. The Hall–Kier alpha value is -3.01. The maximum Gasteiger partial charge on any atom is 0.325 e. The number of aliphatic carboxylic acids is 1. The van der Waals surface area contributed by atoms with Crippen LogP contribution in [0.5, 0.6) is 0 Å². The molecule has 5 N–H and O–H groups in total. The van der Waals surface area contributed by atoms with Crippen LogP contribution in [0.3, 0.4) is 0 Å². The fourth-order valence-electron chi connectivity index (χ4n) is 3.33. The average molecular weight is 493 g/mol. The monoisotopic (exact) mass is 492 g/mol. The second kappa shape index (κ2) is 15.8. The molecule has 10 nitrogen and oxygen atoms in total. The smallest absolute Gasteiger partial charge is 0.325 e. The highest BCUT2D eigenvalue weighted by atomic mass is 16.5. The van der Waals surface area contributed by atoms with Gasteiger partial charge in [0.15, 0.2) is 0 Å². The van der Waals surface area contributed by atoms with Gasteiger partial charge in [-0.15, -0.1) is 0 Å². The molecular weight excluding hydrogens is 452 g/mol. The van der Waals surface area contributed by atoms with Gasteiger partial charge in [-0.25, -0.2) is 0 Å². The first-order chi connectivity index (χ1) is 16.6. The molecule has 1 aromatic heterocycles. The normalized spacial score (nSPS) is 15.2. The van der Waals surface area contributed by atoms with Gasteiger partial charge in [0.05, 0.1) is 6.42 Å². The van der Waals surface area contributed by atoms with Crippen molar-refractivity contribution < 1.29 is 29.0 Å². The zero-order chi connectivity index (χ0) is 26.4. The number of amides is 2. The van der Waals surface area contributed by atoms with Crippen molar-refractivity contribution in [3.63, 3.8) is 0 Å². The number of rotatable bonds is 16. The summed E-state index contributed by atoms with van der Waals surface area (Å²) in [6.07, 6.45) is 4.69. The molecule has 35 heavy (non-hydrogen) atoms. The lowest BCUT2D eigenvalue weighted by Crippen LogP contribution is -2.52. The molecule has 0 radical (unpaired) electrons. The van der Waals surface area contributed by atoms with E-state index in [1.165, 1.54) is 6.92 Å². The van der Waals surface area contributed by atoms with E-state index in [4.69, 9.17) is 15.6 Å². The number of nitrogens with zero attached hydrogens (tertiary/aromatic N) is 1. The Morgan fingerprint density at radius 1 is 1.11 bits per heavy atom. The number of aromatic nitrogens is 1. The fourth-order valence-corrected chi connectivity index (χ4v) is 3.33. The first-order valence-corrected chi connectivity index (χ1v) is 12.3. The molecule has 0 aliphatic heterocycles. The number of nitrogens with one attached hydrogen (secondary N) is 2. The number of pyridine rings is 1. The van der Waals surface area contributed by atoms with Crippen molar-refractivity contribution in [3.8, 4) is 0 Å². The number of carboxylic acids is 1. The molecule has 0 unspecified atom stereocenters. The van der Waals surface area contributed by atoms with E-state index in [0.29, 0.717) is 12.1 Å². The highest BCUT2D eigenvalue weighted by Gasteiger charge is 2.28. The molecule has 1 rings (SSSR count). The van der Waals surface area contributed by atoms with Crippen LogP contribution >= 0.6 is 0 Å². The molecule has 0 saturated heterocycles. The predicted molar refractivity (Wildman–Crippen MR) is 131 cm³/mol. The molecule has 0 saturated carbocycles. The Balaban J connectivity index is 2.93. The molecule has 1 heterocycles. The van der Waals surface area contributed by atoms with Crippen molar-refractivity contribution in [1.82, 2.24) is 15.6 Å². The van der Waals surface area contributed by atoms with E-state index in [2.05, 4.69) is 15.6 Å². The van der Waals surface area contributed by atoms with Crippen LogP contribution in [-0.2, 0) is 30.3 Å². The van der Waals surface area contributed by atoms with Crippen LogP contribution in [0.1, 0.15) is 71.9 Å². The summed E-state index contributed by atoms with van der Waals surface area (Å²) >= 11 is 0. The van der Waals surface area contributed by atoms with Gasteiger partial charge in [0.1, 0.15) is 24.2 Å². The Bertz CT molecular complexity index is 819. The molecule has 196 valence electrons. The summed E-state index contributed by atoms with van der Waals surface area (Å²) in [6, 6.07) is 2.23. The lowest BCUT2D eigenvalue weighted by atomic mass is 10.00. The van der Waals surface area contributed by atoms with Crippen LogP contribution in [0.15, 0.2) is 24.4 Å². The van der Waals surface area contributed by atoms with Crippen molar-refractivity contribution in [3.05, 3.63) is 30.1 Å². The van der Waals surface area contributed by atoms with E-state index in [1.54, 1.807) is 24.4 Å². The maximum absolute atomic E-state index is 12.9. The fraction of sp³-hybridized carbons (Fsp3) is 0.640. The lowest BCUT2D eigenvalue weighted by molar-refractivity contribution is -0.153. The van der Waals surface area contributed by atoms with Crippen LogP contribution in [-0.4, -0.2) is 58.1 Å².